The van der Waals surface area contributed by atoms with Crippen molar-refractivity contribution in [3.63, 3.8) is 0 Å². The molecule has 3 unspecified atom stereocenters. The molecule has 0 spiro atoms. The number of hydrogen-bond donors (Lipinski definition) is 2. The molecule has 94 valence electrons. The van der Waals surface area contributed by atoms with Gasteiger partial charge in [-0.1, -0.05) is 27.7 Å². The fraction of sp³-hybridized carbons (Fsp3) is 0.923. The smallest absolute Gasteiger partial charge is 0.233 e. The highest BCUT2D eigenvalue weighted by atomic mass is 32.1. The largest absolute Gasteiger partial charge is 0.352 e. The van der Waals surface area contributed by atoms with Gasteiger partial charge in [0.25, 0.3) is 0 Å². The molecule has 0 aromatic carbocycles. The minimum Gasteiger partial charge on any atom is -0.352 e. The van der Waals surface area contributed by atoms with Crippen LogP contribution in [0.15, 0.2) is 0 Å². The normalized spacial score (nSPS) is 32.5. The van der Waals surface area contributed by atoms with Crippen molar-refractivity contribution in [1.82, 2.24) is 5.32 Å². The first kappa shape index (κ1) is 13.9. The molecule has 3 heteroatoms. The number of amides is 1. The minimum absolute atomic E-state index is 0.102. The Balaban J connectivity index is 2.44. The summed E-state index contributed by atoms with van der Waals surface area (Å²) in [6.45, 7) is 8.61. The summed E-state index contributed by atoms with van der Waals surface area (Å²) >= 11 is 4.35. The van der Waals surface area contributed by atoms with Gasteiger partial charge in [-0.25, -0.2) is 0 Å². The predicted octanol–water partition coefficient (Wildman–Crippen LogP) is 2.88. The Bertz CT molecular complexity index is 232. The van der Waals surface area contributed by atoms with Gasteiger partial charge in [0.1, 0.15) is 0 Å². The van der Waals surface area contributed by atoms with Crippen molar-refractivity contribution in [3.8, 4) is 0 Å². The van der Waals surface area contributed by atoms with E-state index in [0.717, 1.165) is 24.7 Å². The molecule has 2 nitrogen and oxygen atoms in total. The van der Waals surface area contributed by atoms with Crippen LogP contribution in [0.4, 0.5) is 0 Å². The third kappa shape index (κ3) is 4.00. The first-order chi connectivity index (χ1) is 7.40. The zero-order valence-electron chi connectivity index (χ0n) is 10.9. The zero-order valence-corrected chi connectivity index (χ0v) is 11.8. The second kappa shape index (κ2) is 5.95. The Labute approximate surface area is 105 Å². The van der Waals surface area contributed by atoms with Gasteiger partial charge < -0.3 is 5.32 Å². The molecule has 0 heterocycles. The lowest BCUT2D eigenvalue weighted by molar-refractivity contribution is -0.122. The van der Waals surface area contributed by atoms with Crippen molar-refractivity contribution in [2.24, 2.45) is 17.8 Å². The van der Waals surface area contributed by atoms with E-state index >= 15 is 0 Å². The highest BCUT2D eigenvalue weighted by Crippen LogP contribution is 2.28. The van der Waals surface area contributed by atoms with Crippen LogP contribution in [0.3, 0.4) is 0 Å². The van der Waals surface area contributed by atoms with E-state index in [1.807, 2.05) is 13.8 Å². The van der Waals surface area contributed by atoms with Crippen molar-refractivity contribution in [2.45, 2.75) is 58.2 Å². The van der Waals surface area contributed by atoms with Crippen molar-refractivity contribution < 1.29 is 4.79 Å². The van der Waals surface area contributed by atoms with Gasteiger partial charge in [0.15, 0.2) is 0 Å². The molecule has 1 aliphatic carbocycles. The van der Waals surface area contributed by atoms with Crippen LogP contribution in [-0.2, 0) is 4.79 Å². The summed E-state index contributed by atoms with van der Waals surface area (Å²) in [4.78, 5) is 11.9. The summed E-state index contributed by atoms with van der Waals surface area (Å²) in [6, 6.07) is 0.361. The van der Waals surface area contributed by atoms with Gasteiger partial charge in [-0.2, -0.15) is 12.6 Å². The molecule has 1 rings (SSSR count). The predicted molar refractivity (Wildman–Crippen MR) is 71.7 cm³/mol. The Kier molecular flexibility index (Phi) is 5.16. The van der Waals surface area contributed by atoms with Crippen LogP contribution in [0.2, 0.25) is 0 Å². The SMILES string of the molecule is CC1CC(C)CC(NC(=O)C(S)C(C)C)C1. The van der Waals surface area contributed by atoms with E-state index in [1.165, 1.54) is 6.42 Å². The lowest BCUT2D eigenvalue weighted by atomic mass is 9.80. The maximum Gasteiger partial charge on any atom is 0.233 e. The number of thiol groups is 1. The second-order valence-corrected chi connectivity index (χ2v) is 6.37. The van der Waals surface area contributed by atoms with Crippen LogP contribution in [0.1, 0.15) is 47.0 Å². The van der Waals surface area contributed by atoms with Gasteiger partial charge >= 0.3 is 0 Å². The molecule has 16 heavy (non-hydrogen) atoms. The first-order valence-electron chi connectivity index (χ1n) is 6.38. The molecule has 0 radical (unpaired) electrons. The first-order valence-corrected chi connectivity index (χ1v) is 6.90. The van der Waals surface area contributed by atoms with Crippen LogP contribution in [0.25, 0.3) is 0 Å². The van der Waals surface area contributed by atoms with Crippen molar-refractivity contribution in [1.29, 1.82) is 0 Å². The number of hydrogen-bond acceptors (Lipinski definition) is 2. The van der Waals surface area contributed by atoms with Gasteiger partial charge in [0.2, 0.25) is 5.91 Å². The number of nitrogens with one attached hydrogen (secondary N) is 1. The molecule has 0 aliphatic heterocycles. The molecular formula is C13H25NOS. The molecule has 0 aromatic heterocycles. The lowest BCUT2D eigenvalue weighted by Crippen LogP contribution is -2.44. The van der Waals surface area contributed by atoms with Crippen molar-refractivity contribution in [2.75, 3.05) is 0 Å². The average molecular weight is 243 g/mol. The van der Waals surface area contributed by atoms with Crippen LogP contribution >= 0.6 is 12.6 Å². The van der Waals surface area contributed by atoms with Gasteiger partial charge in [0, 0.05) is 6.04 Å². The van der Waals surface area contributed by atoms with E-state index in [9.17, 15) is 4.79 Å². The topological polar surface area (TPSA) is 29.1 Å². The Morgan fingerprint density at radius 2 is 1.69 bits per heavy atom. The second-order valence-electron chi connectivity index (χ2n) is 5.81. The van der Waals surface area contributed by atoms with E-state index in [4.69, 9.17) is 0 Å². The molecule has 1 fully saturated rings. The van der Waals surface area contributed by atoms with Crippen LogP contribution < -0.4 is 5.32 Å². The van der Waals surface area contributed by atoms with E-state index in [2.05, 4.69) is 31.8 Å². The van der Waals surface area contributed by atoms with E-state index in [-0.39, 0.29) is 11.2 Å². The summed E-state index contributed by atoms with van der Waals surface area (Å²) < 4.78 is 0. The van der Waals surface area contributed by atoms with Gasteiger partial charge in [-0.15, -0.1) is 0 Å². The van der Waals surface area contributed by atoms with Gasteiger partial charge in [-0.3, -0.25) is 4.79 Å². The Hall–Kier alpha value is -0.180. The summed E-state index contributed by atoms with van der Waals surface area (Å²) in [5, 5.41) is 2.97. The molecule has 1 amide bonds. The van der Waals surface area contributed by atoms with Gasteiger partial charge in [-0.05, 0) is 37.0 Å². The molecule has 0 aromatic rings. The molecule has 1 saturated carbocycles. The molecule has 0 saturated heterocycles. The molecule has 0 bridgehead atoms. The minimum atomic E-state index is -0.174. The fourth-order valence-corrected chi connectivity index (χ4v) is 2.73. The Morgan fingerprint density at radius 3 is 2.12 bits per heavy atom. The lowest BCUT2D eigenvalue weighted by Gasteiger charge is -2.32. The third-order valence-electron chi connectivity index (χ3n) is 3.42. The number of carbonyl (C=O) groups is 1. The molecule has 1 aliphatic rings. The summed E-state index contributed by atoms with van der Waals surface area (Å²) in [5.74, 6) is 1.85. The zero-order chi connectivity index (χ0) is 12.3. The summed E-state index contributed by atoms with van der Waals surface area (Å²) in [7, 11) is 0. The highest BCUT2D eigenvalue weighted by molar-refractivity contribution is 7.81. The van der Waals surface area contributed by atoms with Gasteiger partial charge in [0.05, 0.1) is 5.25 Å². The standard InChI is InChI=1S/C13H25NOS/c1-8(2)12(16)13(15)14-11-6-9(3)5-10(4)7-11/h8-12,16H,5-7H2,1-4H3,(H,14,15). The highest BCUT2D eigenvalue weighted by Gasteiger charge is 2.27. The molecule has 1 N–H and O–H groups in total. The maximum absolute atomic E-state index is 11.9. The molecule has 3 atom stereocenters. The fourth-order valence-electron chi connectivity index (χ4n) is 2.65. The number of carbonyl (C=O) groups excluding carboxylic acids is 1. The van der Waals surface area contributed by atoms with E-state index in [0.29, 0.717) is 12.0 Å². The summed E-state index contributed by atoms with van der Waals surface area (Å²) in [6.07, 6.45) is 3.53. The van der Waals surface area contributed by atoms with Crippen LogP contribution in [0, 0.1) is 17.8 Å². The maximum atomic E-state index is 11.9. The summed E-state index contributed by atoms with van der Waals surface area (Å²) in [5.41, 5.74) is 0. The van der Waals surface area contributed by atoms with E-state index < -0.39 is 0 Å². The Morgan fingerprint density at radius 1 is 1.19 bits per heavy atom. The monoisotopic (exact) mass is 243 g/mol. The van der Waals surface area contributed by atoms with Crippen LogP contribution in [0.5, 0.6) is 0 Å². The average Bonchev–Trinajstić information content (AvgIpc) is 2.14. The quantitative estimate of drug-likeness (QED) is 0.733. The number of rotatable bonds is 3. The molecular weight excluding hydrogens is 218 g/mol. The third-order valence-corrected chi connectivity index (χ3v) is 4.26. The van der Waals surface area contributed by atoms with Crippen molar-refractivity contribution >= 4 is 18.5 Å². The van der Waals surface area contributed by atoms with Crippen LogP contribution in [-0.4, -0.2) is 17.2 Å². The van der Waals surface area contributed by atoms with E-state index in [1.54, 1.807) is 0 Å². The van der Waals surface area contributed by atoms with Crippen molar-refractivity contribution in [3.05, 3.63) is 0 Å².